The number of nitriles is 1. The van der Waals surface area contributed by atoms with E-state index >= 15 is 0 Å². The van der Waals surface area contributed by atoms with Crippen LogP contribution in [0.15, 0.2) is 53.5 Å². The van der Waals surface area contributed by atoms with Crippen molar-refractivity contribution in [3.8, 4) is 23.1 Å². The van der Waals surface area contributed by atoms with Crippen molar-refractivity contribution in [3.05, 3.63) is 69.3 Å². The molecule has 0 amide bonds. The van der Waals surface area contributed by atoms with Crippen LogP contribution < -0.4 is 5.32 Å². The summed E-state index contributed by atoms with van der Waals surface area (Å²) in [5, 5.41) is 19.0. The zero-order chi connectivity index (χ0) is 24.2. The molecule has 0 radical (unpaired) electrons. The van der Waals surface area contributed by atoms with Gasteiger partial charge in [-0.3, -0.25) is 10.3 Å². The van der Waals surface area contributed by atoms with Gasteiger partial charge in [-0.1, -0.05) is 46.9 Å². The van der Waals surface area contributed by atoms with Crippen LogP contribution >= 0.6 is 34.8 Å². The molecule has 4 saturated carbocycles. The van der Waals surface area contributed by atoms with Crippen LogP contribution in [0.2, 0.25) is 15.1 Å². The summed E-state index contributed by atoms with van der Waals surface area (Å²) in [6.07, 6.45) is 9.39. The number of hydrogen-bond donors (Lipinski definition) is 1. The minimum atomic E-state index is -0.101. The van der Waals surface area contributed by atoms with E-state index in [1.807, 2.05) is 36.4 Å². The van der Waals surface area contributed by atoms with E-state index in [0.717, 1.165) is 48.3 Å². The molecule has 0 spiro atoms. The van der Waals surface area contributed by atoms with Gasteiger partial charge in [0.15, 0.2) is 12.0 Å². The molecule has 1 aromatic heterocycles. The van der Waals surface area contributed by atoms with Gasteiger partial charge in [-0.25, -0.2) is 4.68 Å². The quantitative estimate of drug-likeness (QED) is 0.169. The number of rotatable bonds is 4. The van der Waals surface area contributed by atoms with Gasteiger partial charge in [0.25, 0.3) is 0 Å². The highest BCUT2D eigenvalue weighted by Crippen LogP contribution is 2.57. The first kappa shape index (κ1) is 22.9. The summed E-state index contributed by atoms with van der Waals surface area (Å²) in [5.74, 6) is 2.78. The van der Waals surface area contributed by atoms with Crippen LogP contribution in [0.3, 0.4) is 0 Å². The average molecular weight is 525 g/mol. The third kappa shape index (κ3) is 4.33. The van der Waals surface area contributed by atoms with Gasteiger partial charge in [-0.05, 0) is 92.7 Å². The Kier molecular flexibility index (Phi) is 5.79. The van der Waals surface area contributed by atoms with Crippen molar-refractivity contribution in [2.75, 3.05) is 0 Å². The van der Waals surface area contributed by atoms with Crippen molar-refractivity contribution >= 4 is 40.6 Å². The first-order valence-electron chi connectivity index (χ1n) is 12.0. The van der Waals surface area contributed by atoms with Gasteiger partial charge in [0.05, 0.1) is 21.9 Å². The fourth-order valence-electron chi connectivity index (χ4n) is 6.80. The summed E-state index contributed by atoms with van der Waals surface area (Å²) >= 11 is 18.9. The minimum absolute atomic E-state index is 0.101. The summed E-state index contributed by atoms with van der Waals surface area (Å²) in [6.45, 7) is 0. The number of halogens is 3. The maximum absolute atomic E-state index is 9.60. The van der Waals surface area contributed by atoms with Crippen molar-refractivity contribution in [3.63, 3.8) is 0 Å². The normalized spacial score (nSPS) is 27.1. The van der Waals surface area contributed by atoms with Crippen LogP contribution in [-0.2, 0) is 0 Å². The van der Waals surface area contributed by atoms with Crippen molar-refractivity contribution in [2.45, 2.75) is 44.1 Å². The monoisotopic (exact) mass is 523 g/mol. The van der Waals surface area contributed by atoms with Crippen LogP contribution in [0.4, 0.5) is 0 Å². The minimum Gasteiger partial charge on any atom is -0.275 e. The van der Waals surface area contributed by atoms with Crippen LogP contribution in [0, 0.1) is 29.2 Å². The molecule has 8 heteroatoms. The Morgan fingerprint density at radius 3 is 2.17 bits per heavy atom. The van der Waals surface area contributed by atoms with Crippen LogP contribution in [-0.4, -0.2) is 21.2 Å². The highest BCUT2D eigenvalue weighted by Gasteiger charge is 2.51. The molecule has 3 aromatic rings. The van der Waals surface area contributed by atoms with E-state index in [9.17, 15) is 5.26 Å². The van der Waals surface area contributed by atoms with Gasteiger partial charge >= 0.3 is 0 Å². The maximum Gasteiger partial charge on any atom is 0.182 e. The Morgan fingerprint density at radius 2 is 1.57 bits per heavy atom. The molecule has 4 aliphatic carbocycles. The van der Waals surface area contributed by atoms with Crippen LogP contribution in [0.5, 0.6) is 0 Å². The van der Waals surface area contributed by atoms with Gasteiger partial charge < -0.3 is 0 Å². The molecule has 0 unspecified atom stereocenters. The molecule has 4 bridgehead atoms. The predicted octanol–water partition coefficient (Wildman–Crippen LogP) is 7.29. The maximum atomic E-state index is 9.60. The second-order valence-corrected chi connectivity index (χ2v) is 11.5. The molecule has 1 N–H and O–H groups in total. The summed E-state index contributed by atoms with van der Waals surface area (Å²) in [6, 6.07) is 14.8. The molecule has 1 heterocycles. The van der Waals surface area contributed by atoms with E-state index in [0.29, 0.717) is 32.3 Å². The van der Waals surface area contributed by atoms with Gasteiger partial charge in [0, 0.05) is 15.6 Å². The predicted molar refractivity (Wildman–Crippen MR) is 140 cm³/mol. The molecule has 2 aromatic carbocycles. The Balaban J connectivity index is 1.48. The highest BCUT2D eigenvalue weighted by atomic mass is 35.5. The Bertz CT molecular complexity index is 1320. The Labute approximate surface area is 219 Å². The number of nitrogens with one attached hydrogen (secondary N) is 1. The third-order valence-corrected chi connectivity index (χ3v) is 8.55. The Hall–Kier alpha value is -2.52. The first-order chi connectivity index (χ1) is 16.9. The van der Waals surface area contributed by atoms with E-state index in [1.165, 1.54) is 19.3 Å². The lowest BCUT2D eigenvalue weighted by Crippen LogP contribution is -2.50. The fourth-order valence-corrected chi connectivity index (χ4v) is 7.42. The first-order valence-corrected chi connectivity index (χ1v) is 13.1. The van der Waals surface area contributed by atoms with Crippen molar-refractivity contribution in [1.29, 1.82) is 5.26 Å². The summed E-state index contributed by atoms with van der Waals surface area (Å²) < 4.78 is 1.78. The van der Waals surface area contributed by atoms with E-state index in [2.05, 4.69) is 11.5 Å². The molecule has 35 heavy (non-hydrogen) atoms. The summed E-state index contributed by atoms with van der Waals surface area (Å²) in [7, 11) is 0. The van der Waals surface area contributed by atoms with Gasteiger partial charge in [0.1, 0.15) is 5.69 Å². The molecule has 4 aliphatic rings. The summed E-state index contributed by atoms with van der Waals surface area (Å²) in [4.78, 5) is 5.25. The van der Waals surface area contributed by atoms with E-state index < -0.39 is 0 Å². The number of nitrogens with zero attached hydrogens (tertiary/aromatic N) is 4. The molecule has 5 nitrogen and oxygen atoms in total. The molecule has 0 saturated heterocycles. The molecule has 0 atom stereocenters. The molecule has 178 valence electrons. The zero-order valence-corrected chi connectivity index (χ0v) is 21.3. The number of benzene rings is 2. The molecular formula is C27H24Cl3N5. The lowest BCUT2D eigenvalue weighted by Gasteiger charge is -2.55. The third-order valence-electron chi connectivity index (χ3n) is 7.76. The topological polar surface area (TPSA) is 66.0 Å². The SMILES string of the molecule is N#CNC(=NC12CC3CC(CC(C3)C1)C2)c1cc(-c2ccc(Cl)cc2)n(-c2ccc(Cl)cc2Cl)n1. The average Bonchev–Trinajstić information content (AvgIpc) is 3.23. The fraction of sp³-hybridized carbons (Fsp3) is 0.370. The van der Waals surface area contributed by atoms with Gasteiger partial charge in [0.2, 0.25) is 0 Å². The molecular weight excluding hydrogens is 501 g/mol. The van der Waals surface area contributed by atoms with Gasteiger partial charge in [-0.15, -0.1) is 0 Å². The molecule has 0 aliphatic heterocycles. The second-order valence-electron chi connectivity index (χ2n) is 10.3. The van der Waals surface area contributed by atoms with Crippen molar-refractivity contribution in [1.82, 2.24) is 15.1 Å². The standard InChI is InChI=1S/C27H24Cl3N5/c28-20-3-1-19(2-4-20)25-11-23(34-35(25)24-6-5-21(29)10-22(24)30)26(32-15-31)33-27-12-16-7-17(13-27)9-18(8-16)14-27/h1-6,10-11,16-18H,7-9,12-14H2,(H,32,33). The van der Waals surface area contributed by atoms with Crippen molar-refractivity contribution < 1.29 is 0 Å². The van der Waals surface area contributed by atoms with E-state index in [4.69, 9.17) is 44.9 Å². The summed E-state index contributed by atoms with van der Waals surface area (Å²) in [5.41, 5.74) is 2.94. The lowest BCUT2D eigenvalue weighted by atomic mass is 9.53. The number of aromatic nitrogens is 2. The Morgan fingerprint density at radius 1 is 0.943 bits per heavy atom. The van der Waals surface area contributed by atoms with Gasteiger partial charge in [-0.2, -0.15) is 10.4 Å². The molecule has 7 rings (SSSR count). The molecule has 4 fully saturated rings. The highest BCUT2D eigenvalue weighted by molar-refractivity contribution is 6.35. The lowest BCUT2D eigenvalue weighted by molar-refractivity contribution is 0.00159. The van der Waals surface area contributed by atoms with Crippen LogP contribution in [0.25, 0.3) is 16.9 Å². The second kappa shape index (κ2) is 8.85. The van der Waals surface area contributed by atoms with Crippen molar-refractivity contribution in [2.24, 2.45) is 22.7 Å². The number of amidine groups is 1. The van der Waals surface area contributed by atoms with E-state index in [-0.39, 0.29) is 5.54 Å². The smallest absolute Gasteiger partial charge is 0.182 e. The largest absolute Gasteiger partial charge is 0.275 e. The van der Waals surface area contributed by atoms with E-state index in [1.54, 1.807) is 16.8 Å². The number of aliphatic imine (C=N–C) groups is 1. The van der Waals surface area contributed by atoms with Crippen LogP contribution in [0.1, 0.15) is 44.2 Å². The zero-order valence-electron chi connectivity index (χ0n) is 19.0. The number of hydrogen-bond acceptors (Lipinski definition) is 3.